The first-order valence-corrected chi connectivity index (χ1v) is 5.24. The molecule has 0 aliphatic heterocycles. The summed E-state index contributed by atoms with van der Waals surface area (Å²) in [6.07, 6.45) is -3.06. The van der Waals surface area contributed by atoms with Gasteiger partial charge in [-0.25, -0.2) is 9.97 Å². The van der Waals surface area contributed by atoms with Crippen LogP contribution >= 0.6 is 0 Å². The van der Waals surface area contributed by atoms with Crippen LogP contribution < -0.4 is 5.32 Å². The highest BCUT2D eigenvalue weighted by molar-refractivity contribution is 5.27. The van der Waals surface area contributed by atoms with Gasteiger partial charge in [-0.2, -0.15) is 13.2 Å². The molecule has 0 aromatic carbocycles. The molecule has 0 saturated carbocycles. The van der Waals surface area contributed by atoms with Gasteiger partial charge in [0.05, 0.1) is 12.6 Å². The Bertz CT molecular complexity index is 374. The average molecular weight is 265 g/mol. The van der Waals surface area contributed by atoms with E-state index < -0.39 is 17.9 Å². The van der Waals surface area contributed by atoms with Gasteiger partial charge in [0.15, 0.2) is 0 Å². The molecule has 5 nitrogen and oxygen atoms in total. The number of rotatable bonds is 6. The smallest absolute Gasteiger partial charge is 0.394 e. The van der Waals surface area contributed by atoms with E-state index in [1.807, 2.05) is 0 Å². The third kappa shape index (κ3) is 4.46. The number of methoxy groups -OCH3 is 1. The number of alkyl halides is 3. The molecule has 1 rings (SSSR count). The van der Waals surface area contributed by atoms with Crippen LogP contribution in [-0.4, -0.2) is 41.4 Å². The predicted octanol–water partition coefficient (Wildman–Crippen LogP) is 1.30. The van der Waals surface area contributed by atoms with E-state index in [2.05, 4.69) is 15.3 Å². The first kappa shape index (κ1) is 14.7. The van der Waals surface area contributed by atoms with Gasteiger partial charge in [0.2, 0.25) is 5.95 Å². The van der Waals surface area contributed by atoms with Crippen LogP contribution in [0, 0.1) is 0 Å². The quantitative estimate of drug-likeness (QED) is 0.811. The van der Waals surface area contributed by atoms with Crippen molar-refractivity contribution in [3.05, 3.63) is 18.0 Å². The maximum absolute atomic E-state index is 12.4. The molecule has 1 aromatic rings. The zero-order chi connectivity index (χ0) is 13.6. The van der Waals surface area contributed by atoms with Crippen molar-refractivity contribution in [2.75, 3.05) is 25.6 Å². The molecule has 0 spiro atoms. The second kappa shape index (κ2) is 6.50. The number of halogens is 3. The summed E-state index contributed by atoms with van der Waals surface area (Å²) >= 11 is 0. The van der Waals surface area contributed by atoms with Crippen molar-refractivity contribution in [3.63, 3.8) is 0 Å². The molecule has 1 aromatic heterocycles. The van der Waals surface area contributed by atoms with Crippen molar-refractivity contribution >= 4 is 5.95 Å². The molecule has 1 heterocycles. The Hall–Kier alpha value is -1.41. The Morgan fingerprint density at radius 1 is 1.50 bits per heavy atom. The van der Waals surface area contributed by atoms with Crippen LogP contribution in [0.1, 0.15) is 12.1 Å². The van der Waals surface area contributed by atoms with Gasteiger partial charge in [0.1, 0.15) is 5.69 Å². The third-order valence-electron chi connectivity index (χ3n) is 2.17. The van der Waals surface area contributed by atoms with Crippen molar-refractivity contribution in [1.82, 2.24) is 9.97 Å². The number of ether oxygens (including phenoxy) is 1. The fraction of sp³-hybridized carbons (Fsp3) is 0.600. The Kier molecular flexibility index (Phi) is 5.29. The van der Waals surface area contributed by atoms with E-state index in [1.54, 1.807) is 0 Å². The molecule has 1 unspecified atom stereocenters. The molecule has 0 bridgehead atoms. The number of hydrogen-bond acceptors (Lipinski definition) is 5. The van der Waals surface area contributed by atoms with Crippen molar-refractivity contribution in [1.29, 1.82) is 0 Å². The molecule has 2 N–H and O–H groups in total. The van der Waals surface area contributed by atoms with Gasteiger partial charge in [0, 0.05) is 19.9 Å². The highest BCUT2D eigenvalue weighted by Gasteiger charge is 2.32. The highest BCUT2D eigenvalue weighted by atomic mass is 19.4. The number of aliphatic hydroxyl groups excluding tert-OH is 1. The second-order valence-electron chi connectivity index (χ2n) is 3.57. The van der Waals surface area contributed by atoms with E-state index in [0.29, 0.717) is 13.0 Å². The minimum absolute atomic E-state index is 0.167. The summed E-state index contributed by atoms with van der Waals surface area (Å²) in [6.45, 7) is 0.125. The zero-order valence-electron chi connectivity index (χ0n) is 9.74. The molecule has 0 amide bonds. The third-order valence-corrected chi connectivity index (χ3v) is 2.17. The summed E-state index contributed by atoms with van der Waals surface area (Å²) in [5.41, 5.74) is -1.02. The number of nitrogens with zero attached hydrogens (tertiary/aromatic N) is 2. The monoisotopic (exact) mass is 265 g/mol. The van der Waals surface area contributed by atoms with E-state index in [4.69, 9.17) is 9.84 Å². The lowest BCUT2D eigenvalue weighted by atomic mass is 10.2. The molecular weight excluding hydrogens is 251 g/mol. The van der Waals surface area contributed by atoms with Crippen molar-refractivity contribution in [2.24, 2.45) is 0 Å². The molecular formula is C10H14F3N3O2. The van der Waals surface area contributed by atoms with Gasteiger partial charge in [-0.3, -0.25) is 0 Å². The number of hydrogen-bond donors (Lipinski definition) is 2. The van der Waals surface area contributed by atoms with Crippen molar-refractivity contribution in [2.45, 2.75) is 18.6 Å². The lowest BCUT2D eigenvalue weighted by Gasteiger charge is -2.16. The molecule has 102 valence electrons. The van der Waals surface area contributed by atoms with E-state index in [1.165, 1.54) is 7.11 Å². The summed E-state index contributed by atoms with van der Waals surface area (Å²) in [5.74, 6) is -0.167. The van der Waals surface area contributed by atoms with Crippen LogP contribution in [-0.2, 0) is 10.9 Å². The fourth-order valence-electron chi connectivity index (χ4n) is 1.24. The van der Waals surface area contributed by atoms with E-state index in [0.717, 1.165) is 12.3 Å². The summed E-state index contributed by atoms with van der Waals surface area (Å²) in [4.78, 5) is 7.02. The van der Waals surface area contributed by atoms with Gasteiger partial charge in [0.25, 0.3) is 0 Å². The summed E-state index contributed by atoms with van der Waals surface area (Å²) < 4.78 is 42.0. The van der Waals surface area contributed by atoms with Crippen LogP contribution in [0.2, 0.25) is 0 Å². The fourth-order valence-corrected chi connectivity index (χ4v) is 1.24. The number of aromatic nitrogens is 2. The highest BCUT2D eigenvalue weighted by Crippen LogP contribution is 2.27. The number of anilines is 1. The normalized spacial score (nSPS) is 13.4. The van der Waals surface area contributed by atoms with Crippen molar-refractivity contribution in [3.8, 4) is 0 Å². The van der Waals surface area contributed by atoms with E-state index >= 15 is 0 Å². The van der Waals surface area contributed by atoms with Gasteiger partial charge in [-0.15, -0.1) is 0 Å². The number of nitrogens with one attached hydrogen (secondary N) is 1. The Morgan fingerprint density at radius 2 is 2.22 bits per heavy atom. The minimum atomic E-state index is -4.51. The molecule has 1 atom stereocenters. The number of aliphatic hydroxyl groups is 1. The Labute approximate surface area is 102 Å². The van der Waals surface area contributed by atoms with E-state index in [-0.39, 0.29) is 12.6 Å². The van der Waals surface area contributed by atoms with Gasteiger partial charge in [-0.1, -0.05) is 0 Å². The topological polar surface area (TPSA) is 67.3 Å². The average Bonchev–Trinajstić information content (AvgIpc) is 2.33. The first-order valence-electron chi connectivity index (χ1n) is 5.24. The largest absolute Gasteiger partial charge is 0.433 e. The maximum Gasteiger partial charge on any atom is 0.433 e. The molecule has 8 heteroatoms. The van der Waals surface area contributed by atoms with Gasteiger partial charge >= 0.3 is 6.18 Å². The first-order chi connectivity index (χ1) is 8.47. The second-order valence-corrected chi connectivity index (χ2v) is 3.57. The van der Waals surface area contributed by atoms with Crippen LogP contribution in [0.5, 0.6) is 0 Å². The lowest BCUT2D eigenvalue weighted by Crippen LogP contribution is -2.27. The van der Waals surface area contributed by atoms with Crippen LogP contribution in [0.25, 0.3) is 0 Å². The standard InChI is InChI=1S/C10H14F3N3O2/c1-18-5-3-7(6-17)15-9-14-4-2-8(16-9)10(11,12)13/h2,4,7,17H,3,5-6H2,1H3,(H,14,15,16). The molecule has 0 aliphatic rings. The van der Waals surface area contributed by atoms with Gasteiger partial charge in [-0.05, 0) is 12.5 Å². The van der Waals surface area contributed by atoms with E-state index in [9.17, 15) is 13.2 Å². The minimum Gasteiger partial charge on any atom is -0.394 e. The molecule has 18 heavy (non-hydrogen) atoms. The Morgan fingerprint density at radius 3 is 2.78 bits per heavy atom. The molecule has 0 saturated heterocycles. The Balaban J connectivity index is 2.71. The molecule has 0 radical (unpaired) electrons. The lowest BCUT2D eigenvalue weighted by molar-refractivity contribution is -0.141. The van der Waals surface area contributed by atoms with Crippen LogP contribution in [0.4, 0.5) is 19.1 Å². The summed E-state index contributed by atoms with van der Waals surface area (Å²) in [5, 5.41) is 11.7. The van der Waals surface area contributed by atoms with Crippen LogP contribution in [0.3, 0.4) is 0 Å². The molecule has 0 aliphatic carbocycles. The van der Waals surface area contributed by atoms with Crippen molar-refractivity contribution < 1.29 is 23.0 Å². The zero-order valence-corrected chi connectivity index (χ0v) is 9.74. The van der Waals surface area contributed by atoms with Crippen LogP contribution in [0.15, 0.2) is 12.3 Å². The summed E-state index contributed by atoms with van der Waals surface area (Å²) in [6, 6.07) is 0.335. The molecule has 0 fully saturated rings. The van der Waals surface area contributed by atoms with Gasteiger partial charge < -0.3 is 15.2 Å². The predicted molar refractivity (Wildman–Crippen MR) is 58.0 cm³/mol. The maximum atomic E-state index is 12.4. The summed E-state index contributed by atoms with van der Waals surface area (Å²) in [7, 11) is 1.50. The SMILES string of the molecule is COCCC(CO)Nc1nccc(C(F)(F)F)n1.